The first kappa shape index (κ1) is 13.1. The van der Waals surface area contributed by atoms with Crippen molar-refractivity contribution in [1.82, 2.24) is 15.3 Å². The lowest BCUT2D eigenvalue weighted by Crippen LogP contribution is -2.45. The molecule has 0 radical (unpaired) electrons. The monoisotopic (exact) mass is 261 g/mol. The van der Waals surface area contributed by atoms with Crippen LogP contribution in [0.1, 0.15) is 12.8 Å². The minimum atomic E-state index is -4.39. The first-order chi connectivity index (χ1) is 8.57. The molecule has 0 aliphatic carbocycles. The summed E-state index contributed by atoms with van der Waals surface area (Å²) in [5.41, 5.74) is 0. The van der Waals surface area contributed by atoms with Crippen LogP contribution in [-0.2, 0) is 0 Å². The van der Waals surface area contributed by atoms with Crippen LogP contribution in [0.25, 0.3) is 0 Å². The highest BCUT2D eigenvalue weighted by Gasteiger charge is 2.47. The van der Waals surface area contributed by atoms with Crippen LogP contribution < -0.4 is 10.1 Å². The lowest BCUT2D eigenvalue weighted by molar-refractivity contribution is -0.213. The van der Waals surface area contributed by atoms with Gasteiger partial charge in [-0.1, -0.05) is 0 Å². The van der Waals surface area contributed by atoms with Crippen molar-refractivity contribution in [3.63, 3.8) is 0 Å². The number of piperidine rings is 1. The third-order valence-electron chi connectivity index (χ3n) is 2.92. The molecule has 1 N–H and O–H groups in total. The molecule has 1 aliphatic rings. The molecule has 1 aliphatic heterocycles. The molecule has 0 saturated carbocycles. The summed E-state index contributed by atoms with van der Waals surface area (Å²) in [4.78, 5) is 7.42. The molecule has 1 atom stereocenters. The van der Waals surface area contributed by atoms with E-state index in [-0.39, 0.29) is 5.88 Å². The zero-order valence-electron chi connectivity index (χ0n) is 9.65. The van der Waals surface area contributed by atoms with Gasteiger partial charge in [-0.2, -0.15) is 13.2 Å². The maximum atomic E-state index is 13.0. The Morgan fingerprint density at radius 2 is 2.00 bits per heavy atom. The summed E-state index contributed by atoms with van der Waals surface area (Å²) < 4.78 is 44.0. The second-order valence-electron chi connectivity index (χ2n) is 4.21. The number of halogens is 3. The minimum absolute atomic E-state index is 0.0849. The van der Waals surface area contributed by atoms with Crippen molar-refractivity contribution in [2.45, 2.75) is 25.1 Å². The van der Waals surface area contributed by atoms with Gasteiger partial charge in [0.05, 0.1) is 6.20 Å². The Hall–Kier alpha value is -1.37. The van der Waals surface area contributed by atoms with E-state index in [1.54, 1.807) is 0 Å². The van der Waals surface area contributed by atoms with Gasteiger partial charge in [-0.05, 0) is 25.9 Å². The summed E-state index contributed by atoms with van der Waals surface area (Å²) in [7, 11) is 0. The smallest absolute Gasteiger partial charge is 0.425 e. The fraction of sp³-hybridized carbons (Fsp3) is 0.636. The molecular weight excluding hydrogens is 247 g/mol. The first-order valence-electron chi connectivity index (χ1n) is 5.77. The molecule has 1 saturated heterocycles. The van der Waals surface area contributed by atoms with Crippen molar-refractivity contribution in [1.29, 1.82) is 0 Å². The quantitative estimate of drug-likeness (QED) is 0.901. The molecule has 1 aromatic heterocycles. The Morgan fingerprint density at radius 3 is 2.56 bits per heavy atom. The van der Waals surface area contributed by atoms with Gasteiger partial charge in [0.2, 0.25) is 5.88 Å². The second kappa shape index (κ2) is 5.51. The number of hydrogen-bond acceptors (Lipinski definition) is 4. The summed E-state index contributed by atoms with van der Waals surface area (Å²) in [6.45, 7) is 1.17. The fourth-order valence-electron chi connectivity index (χ4n) is 2.05. The molecule has 100 valence electrons. The highest BCUT2D eigenvalue weighted by Crippen LogP contribution is 2.33. The topological polar surface area (TPSA) is 47.0 Å². The van der Waals surface area contributed by atoms with E-state index in [0.717, 1.165) is 0 Å². The molecule has 4 nitrogen and oxygen atoms in total. The molecule has 18 heavy (non-hydrogen) atoms. The van der Waals surface area contributed by atoms with E-state index >= 15 is 0 Å². The zero-order valence-corrected chi connectivity index (χ0v) is 9.65. The Balaban J connectivity index is 2.10. The molecule has 0 aromatic carbocycles. The molecule has 0 amide bonds. The summed E-state index contributed by atoms with van der Waals surface area (Å²) in [6, 6.07) is 0. The van der Waals surface area contributed by atoms with Crippen LogP contribution in [0, 0.1) is 5.92 Å². The Bertz CT molecular complexity index is 366. The van der Waals surface area contributed by atoms with Crippen molar-refractivity contribution in [3.8, 4) is 5.88 Å². The van der Waals surface area contributed by atoms with E-state index in [1.165, 1.54) is 18.6 Å². The van der Waals surface area contributed by atoms with Crippen LogP contribution in [0.15, 0.2) is 18.6 Å². The van der Waals surface area contributed by atoms with Crippen LogP contribution in [0.2, 0.25) is 0 Å². The third kappa shape index (κ3) is 3.32. The lowest BCUT2D eigenvalue weighted by atomic mass is 9.91. The van der Waals surface area contributed by atoms with Crippen molar-refractivity contribution >= 4 is 0 Å². The van der Waals surface area contributed by atoms with E-state index in [2.05, 4.69) is 15.3 Å². The Morgan fingerprint density at radius 1 is 1.28 bits per heavy atom. The summed E-state index contributed by atoms with van der Waals surface area (Å²) in [5, 5.41) is 3.03. The standard InChI is InChI=1S/C11H14F3N3O/c12-11(13,14)10(8-1-3-15-4-2-8)18-9-7-16-5-6-17-9/h5-8,10,15H,1-4H2. The molecule has 1 unspecified atom stereocenters. The first-order valence-corrected chi connectivity index (χ1v) is 5.77. The van der Waals surface area contributed by atoms with Crippen LogP contribution in [0.5, 0.6) is 5.88 Å². The molecule has 2 rings (SSSR count). The molecular formula is C11H14F3N3O. The van der Waals surface area contributed by atoms with Gasteiger partial charge < -0.3 is 10.1 Å². The normalized spacial score (nSPS) is 19.5. The number of ether oxygens (including phenoxy) is 1. The highest BCUT2D eigenvalue weighted by atomic mass is 19.4. The van der Waals surface area contributed by atoms with Gasteiger partial charge in [0.25, 0.3) is 0 Å². The number of nitrogens with one attached hydrogen (secondary N) is 1. The minimum Gasteiger partial charge on any atom is -0.463 e. The largest absolute Gasteiger partial charge is 0.463 e. The van der Waals surface area contributed by atoms with E-state index in [4.69, 9.17) is 4.74 Å². The van der Waals surface area contributed by atoms with Gasteiger partial charge in [0, 0.05) is 18.3 Å². The zero-order chi connectivity index (χ0) is 13.0. The van der Waals surface area contributed by atoms with Crippen LogP contribution in [0.4, 0.5) is 13.2 Å². The van der Waals surface area contributed by atoms with Crippen LogP contribution in [0.3, 0.4) is 0 Å². The SMILES string of the molecule is FC(F)(F)C(Oc1cnccn1)C1CCNCC1. The fourth-order valence-corrected chi connectivity index (χ4v) is 2.05. The molecule has 0 spiro atoms. The molecule has 7 heteroatoms. The van der Waals surface area contributed by atoms with Gasteiger partial charge >= 0.3 is 6.18 Å². The van der Waals surface area contributed by atoms with Crippen molar-refractivity contribution in [2.24, 2.45) is 5.92 Å². The summed E-state index contributed by atoms with van der Waals surface area (Å²) in [6.07, 6.45) is -1.41. The van der Waals surface area contributed by atoms with E-state index in [9.17, 15) is 13.2 Å². The predicted molar refractivity (Wildman–Crippen MR) is 58.1 cm³/mol. The van der Waals surface area contributed by atoms with Gasteiger partial charge in [-0.25, -0.2) is 4.98 Å². The van der Waals surface area contributed by atoms with Gasteiger partial charge in [-0.3, -0.25) is 4.98 Å². The van der Waals surface area contributed by atoms with Crippen molar-refractivity contribution < 1.29 is 17.9 Å². The summed E-state index contributed by atoms with van der Waals surface area (Å²) in [5.74, 6) is -0.619. The average molecular weight is 261 g/mol. The number of hydrogen-bond donors (Lipinski definition) is 1. The molecule has 0 bridgehead atoms. The van der Waals surface area contributed by atoms with E-state index in [0.29, 0.717) is 25.9 Å². The van der Waals surface area contributed by atoms with Gasteiger partial charge in [-0.15, -0.1) is 0 Å². The number of rotatable bonds is 3. The predicted octanol–water partition coefficient (Wildman–Crippen LogP) is 1.79. The average Bonchev–Trinajstić information content (AvgIpc) is 2.37. The number of alkyl halides is 3. The highest BCUT2D eigenvalue weighted by molar-refractivity contribution is 5.03. The van der Waals surface area contributed by atoms with Gasteiger partial charge in [0.15, 0.2) is 6.10 Å². The molecule has 1 aromatic rings. The van der Waals surface area contributed by atoms with E-state index in [1.807, 2.05) is 0 Å². The number of nitrogens with zero attached hydrogens (tertiary/aromatic N) is 2. The maximum absolute atomic E-state index is 13.0. The van der Waals surface area contributed by atoms with Crippen LogP contribution in [-0.4, -0.2) is 35.3 Å². The molecule has 2 heterocycles. The Labute approximate surface area is 103 Å². The van der Waals surface area contributed by atoms with Crippen LogP contribution >= 0.6 is 0 Å². The maximum Gasteiger partial charge on any atom is 0.425 e. The van der Waals surface area contributed by atoms with Crippen molar-refractivity contribution in [3.05, 3.63) is 18.6 Å². The van der Waals surface area contributed by atoms with Crippen molar-refractivity contribution in [2.75, 3.05) is 13.1 Å². The number of aromatic nitrogens is 2. The summed E-state index contributed by atoms with van der Waals surface area (Å²) >= 11 is 0. The molecule has 1 fully saturated rings. The van der Waals surface area contributed by atoms with E-state index < -0.39 is 18.2 Å². The lowest BCUT2D eigenvalue weighted by Gasteiger charge is -2.31. The third-order valence-corrected chi connectivity index (χ3v) is 2.92. The Kier molecular flexibility index (Phi) is 4.00. The van der Waals surface area contributed by atoms with Gasteiger partial charge in [0.1, 0.15) is 0 Å². The second-order valence-corrected chi connectivity index (χ2v) is 4.21.